The van der Waals surface area contributed by atoms with E-state index in [2.05, 4.69) is 0 Å². The Hall–Kier alpha value is -2.18. The van der Waals surface area contributed by atoms with Crippen molar-refractivity contribution in [2.24, 2.45) is 0 Å². The highest BCUT2D eigenvalue weighted by Crippen LogP contribution is 2.52. The molecule has 3 heteroatoms. The summed E-state index contributed by atoms with van der Waals surface area (Å²) in [5, 5.41) is 8.76. The maximum absolute atomic E-state index is 13.7. The third-order valence-electron chi connectivity index (χ3n) is 3.20. The van der Waals surface area contributed by atoms with Crippen LogP contribution in [0.2, 0.25) is 0 Å². The van der Waals surface area contributed by atoms with Crippen molar-refractivity contribution < 1.29 is 9.13 Å². The molecule has 0 aromatic heterocycles. The average molecular weight is 239 g/mol. The fourth-order valence-electron chi connectivity index (χ4n) is 2.17. The van der Waals surface area contributed by atoms with Gasteiger partial charge in [0.15, 0.2) is 5.60 Å². The Morgan fingerprint density at radius 3 is 2.06 bits per heavy atom. The molecule has 2 nitrogen and oxygen atoms in total. The Morgan fingerprint density at radius 1 is 1.00 bits per heavy atom. The smallest absolute Gasteiger partial charge is 0.238 e. The summed E-state index contributed by atoms with van der Waals surface area (Å²) >= 11 is 0. The van der Waals surface area contributed by atoms with Crippen molar-refractivity contribution in [2.45, 2.75) is 12.0 Å². The fraction of sp³-hybridized carbons (Fsp3) is 0.133. The van der Waals surface area contributed by atoms with Crippen LogP contribution in [0.3, 0.4) is 0 Å². The van der Waals surface area contributed by atoms with E-state index in [9.17, 15) is 4.39 Å². The predicted molar refractivity (Wildman–Crippen MR) is 64.4 cm³/mol. The zero-order valence-electron chi connectivity index (χ0n) is 9.51. The summed E-state index contributed by atoms with van der Waals surface area (Å²) in [7, 11) is 0. The number of halogens is 1. The Bertz CT molecular complexity index is 603. The van der Waals surface area contributed by atoms with Crippen molar-refractivity contribution in [1.29, 1.82) is 5.26 Å². The first-order valence-electron chi connectivity index (χ1n) is 5.65. The van der Waals surface area contributed by atoms with Gasteiger partial charge < -0.3 is 4.74 Å². The number of rotatable bonds is 2. The molecule has 2 aromatic carbocycles. The monoisotopic (exact) mass is 239 g/mol. The molecule has 1 aliphatic rings. The highest BCUT2D eigenvalue weighted by atomic mass is 19.2. The fourth-order valence-corrected chi connectivity index (χ4v) is 2.17. The van der Waals surface area contributed by atoms with E-state index in [0.717, 1.165) is 11.1 Å². The van der Waals surface area contributed by atoms with Gasteiger partial charge in [0.1, 0.15) is 0 Å². The molecule has 88 valence electrons. The largest absolute Gasteiger partial charge is 0.323 e. The van der Waals surface area contributed by atoms with Crippen molar-refractivity contribution in [2.75, 3.05) is 0 Å². The number of epoxide rings is 1. The molecule has 0 spiro atoms. The van der Waals surface area contributed by atoms with Crippen molar-refractivity contribution in [3.8, 4) is 6.07 Å². The van der Waals surface area contributed by atoms with Gasteiger partial charge >= 0.3 is 0 Å². The van der Waals surface area contributed by atoms with Crippen molar-refractivity contribution in [3.63, 3.8) is 0 Å². The van der Waals surface area contributed by atoms with Gasteiger partial charge in [0.05, 0.1) is 11.6 Å². The number of hydrogen-bond acceptors (Lipinski definition) is 2. The first-order chi connectivity index (χ1) is 8.77. The lowest BCUT2D eigenvalue weighted by Crippen LogP contribution is -2.13. The number of ether oxygens (including phenoxy) is 1. The maximum atomic E-state index is 13.7. The Balaban J connectivity index is 2.05. The molecule has 18 heavy (non-hydrogen) atoms. The lowest BCUT2D eigenvalue weighted by molar-refractivity contribution is 0.255. The Labute approximate surface area is 104 Å². The van der Waals surface area contributed by atoms with Gasteiger partial charge in [0.2, 0.25) is 6.36 Å². The molecule has 0 radical (unpaired) electrons. The van der Waals surface area contributed by atoms with Crippen molar-refractivity contribution in [3.05, 3.63) is 71.3 Å². The van der Waals surface area contributed by atoms with Crippen LogP contribution >= 0.6 is 0 Å². The molecular weight excluding hydrogens is 229 g/mol. The minimum Gasteiger partial charge on any atom is -0.323 e. The molecule has 2 atom stereocenters. The number of alkyl halides is 1. The SMILES string of the molecule is N#Cc1ccc(C2(c3ccccc3)OC2F)cc1. The van der Waals surface area contributed by atoms with E-state index >= 15 is 0 Å². The summed E-state index contributed by atoms with van der Waals surface area (Å²) in [6, 6.07) is 18.2. The molecular formula is C15H10FNO. The predicted octanol–water partition coefficient (Wildman–Crippen LogP) is 3.13. The maximum Gasteiger partial charge on any atom is 0.238 e. The topological polar surface area (TPSA) is 36.3 Å². The molecule has 0 amide bonds. The average Bonchev–Trinajstić information content (AvgIpc) is 3.13. The van der Waals surface area contributed by atoms with E-state index in [-0.39, 0.29) is 0 Å². The molecule has 1 saturated heterocycles. The third kappa shape index (κ3) is 1.51. The van der Waals surface area contributed by atoms with Crippen LogP contribution in [-0.4, -0.2) is 6.36 Å². The summed E-state index contributed by atoms with van der Waals surface area (Å²) in [4.78, 5) is 0. The van der Waals surface area contributed by atoms with E-state index in [4.69, 9.17) is 10.00 Å². The summed E-state index contributed by atoms with van der Waals surface area (Å²) in [6.07, 6.45) is -1.33. The summed E-state index contributed by atoms with van der Waals surface area (Å²) in [5.41, 5.74) is 1.09. The van der Waals surface area contributed by atoms with Crippen molar-refractivity contribution >= 4 is 0 Å². The lowest BCUT2D eigenvalue weighted by Gasteiger charge is -2.12. The van der Waals surface area contributed by atoms with Crippen molar-refractivity contribution in [1.82, 2.24) is 0 Å². The van der Waals surface area contributed by atoms with Gasteiger partial charge in [0.25, 0.3) is 0 Å². The summed E-state index contributed by atoms with van der Waals surface area (Å²) < 4.78 is 18.9. The second kappa shape index (κ2) is 3.94. The first-order valence-corrected chi connectivity index (χ1v) is 5.65. The molecule has 1 heterocycles. The molecule has 1 fully saturated rings. The molecule has 0 bridgehead atoms. The van der Waals surface area contributed by atoms with Crippen LogP contribution in [0.4, 0.5) is 4.39 Å². The molecule has 3 rings (SSSR count). The van der Waals surface area contributed by atoms with Crippen LogP contribution in [0, 0.1) is 11.3 Å². The molecule has 0 aliphatic carbocycles. The van der Waals surface area contributed by atoms with Crippen LogP contribution in [0.5, 0.6) is 0 Å². The van der Waals surface area contributed by atoms with Gasteiger partial charge in [-0.15, -0.1) is 0 Å². The second-order valence-electron chi connectivity index (χ2n) is 4.22. The number of hydrogen-bond donors (Lipinski definition) is 0. The van der Waals surface area contributed by atoms with E-state index in [1.54, 1.807) is 24.3 Å². The quantitative estimate of drug-likeness (QED) is 0.755. The normalized spacial score (nSPS) is 25.4. The molecule has 2 unspecified atom stereocenters. The van der Waals surface area contributed by atoms with Gasteiger partial charge in [-0.2, -0.15) is 5.26 Å². The summed E-state index contributed by atoms with van der Waals surface area (Å²) in [6.45, 7) is 0. The molecule has 0 saturated carbocycles. The first kappa shape index (κ1) is 10.9. The highest BCUT2D eigenvalue weighted by Gasteiger charge is 2.60. The van der Waals surface area contributed by atoms with E-state index in [1.165, 1.54) is 0 Å². The van der Waals surface area contributed by atoms with Gasteiger partial charge in [-0.3, -0.25) is 0 Å². The molecule has 0 N–H and O–H groups in total. The Morgan fingerprint density at radius 2 is 1.56 bits per heavy atom. The zero-order valence-corrected chi connectivity index (χ0v) is 9.51. The van der Waals surface area contributed by atoms with Crippen LogP contribution in [-0.2, 0) is 10.3 Å². The van der Waals surface area contributed by atoms with Gasteiger partial charge in [-0.05, 0) is 23.3 Å². The zero-order chi connectivity index (χ0) is 12.6. The minimum atomic E-state index is -1.33. The number of benzene rings is 2. The van der Waals surface area contributed by atoms with Gasteiger partial charge in [-0.25, -0.2) is 4.39 Å². The van der Waals surface area contributed by atoms with Gasteiger partial charge in [0, 0.05) is 0 Å². The second-order valence-corrected chi connectivity index (χ2v) is 4.22. The highest BCUT2D eigenvalue weighted by molar-refractivity contribution is 5.44. The number of nitriles is 1. The summed E-state index contributed by atoms with van der Waals surface area (Å²) in [5.74, 6) is 0. The molecule has 2 aromatic rings. The van der Waals surface area contributed by atoms with Crippen LogP contribution < -0.4 is 0 Å². The number of nitrogens with zero attached hydrogens (tertiary/aromatic N) is 1. The van der Waals surface area contributed by atoms with E-state index in [0.29, 0.717) is 5.56 Å². The Kier molecular flexibility index (Phi) is 2.39. The van der Waals surface area contributed by atoms with E-state index in [1.807, 2.05) is 36.4 Å². The van der Waals surface area contributed by atoms with Crippen LogP contribution in [0.1, 0.15) is 16.7 Å². The molecule has 1 aliphatic heterocycles. The van der Waals surface area contributed by atoms with Crippen LogP contribution in [0.25, 0.3) is 0 Å². The lowest BCUT2D eigenvalue weighted by atomic mass is 9.91. The third-order valence-corrected chi connectivity index (χ3v) is 3.20. The standard InChI is InChI=1S/C15H10FNO/c16-14-15(18-14,12-4-2-1-3-5-12)13-8-6-11(10-17)7-9-13/h1-9,14H. The minimum absolute atomic E-state index is 0.554. The van der Waals surface area contributed by atoms with E-state index < -0.39 is 12.0 Å². The van der Waals surface area contributed by atoms with Crippen LogP contribution in [0.15, 0.2) is 54.6 Å². The van der Waals surface area contributed by atoms with Gasteiger partial charge in [-0.1, -0.05) is 42.5 Å².